The number of nitrogens with zero attached hydrogens (tertiary/aromatic N) is 1. The van der Waals surface area contributed by atoms with Crippen LogP contribution < -0.4 is 9.62 Å². The minimum Gasteiger partial charge on any atom is -0.312 e. The number of anilines is 2. The highest BCUT2D eigenvalue weighted by Gasteiger charge is 2.46. The Hall–Kier alpha value is -1.77. The highest BCUT2D eigenvalue weighted by Crippen LogP contribution is 2.34. The molecule has 2 rings (SSSR count). The maximum absolute atomic E-state index is 12.6. The summed E-state index contributed by atoms with van der Waals surface area (Å²) in [6, 6.07) is 2.86. The van der Waals surface area contributed by atoms with Gasteiger partial charge in [0.25, 0.3) is 0 Å². The molecule has 0 aliphatic carbocycles. The smallest absolute Gasteiger partial charge is 0.312 e. The quantitative estimate of drug-likeness (QED) is 0.891. The van der Waals surface area contributed by atoms with E-state index in [1.165, 1.54) is 17.9 Å². The van der Waals surface area contributed by atoms with Gasteiger partial charge in [0.2, 0.25) is 5.91 Å². The first kappa shape index (κ1) is 18.6. The Kier molecular flexibility index (Phi) is 4.85. The highest BCUT2D eigenvalue weighted by molar-refractivity contribution is 7.93. The van der Waals surface area contributed by atoms with Gasteiger partial charge in [0.15, 0.2) is 0 Å². The lowest BCUT2D eigenvalue weighted by Gasteiger charge is -2.22. The summed E-state index contributed by atoms with van der Waals surface area (Å²) >= 11 is 0. The minimum atomic E-state index is -5.51. The number of nitrogens with one attached hydrogen (secondary N) is 1. The highest BCUT2D eigenvalue weighted by atomic mass is 32.2. The third kappa shape index (κ3) is 3.35. The number of carbonyl (C=O) groups is 1. The van der Waals surface area contributed by atoms with E-state index in [1.807, 2.05) is 6.92 Å². The van der Waals surface area contributed by atoms with Crippen LogP contribution in [-0.4, -0.2) is 26.4 Å². The monoisotopic (exact) mass is 364 g/mol. The van der Waals surface area contributed by atoms with Crippen LogP contribution in [0.5, 0.6) is 0 Å². The summed E-state index contributed by atoms with van der Waals surface area (Å²) in [5.74, 6) is -0.199. The molecule has 1 unspecified atom stereocenters. The average Bonchev–Trinajstić information content (AvgIpc) is 2.81. The van der Waals surface area contributed by atoms with E-state index in [9.17, 15) is 26.4 Å². The molecule has 9 heteroatoms. The van der Waals surface area contributed by atoms with Gasteiger partial charge in [-0.25, -0.2) is 0 Å². The van der Waals surface area contributed by atoms with Crippen LogP contribution in [0.4, 0.5) is 24.5 Å². The minimum absolute atomic E-state index is 0.0888. The predicted molar refractivity (Wildman–Crippen MR) is 85.3 cm³/mol. The normalized spacial score (nSPS) is 19.0. The van der Waals surface area contributed by atoms with Crippen LogP contribution in [0.1, 0.15) is 30.9 Å². The van der Waals surface area contributed by atoms with Crippen molar-refractivity contribution in [2.24, 2.45) is 5.92 Å². The van der Waals surface area contributed by atoms with Crippen molar-refractivity contribution < 1.29 is 26.4 Å². The average molecular weight is 364 g/mol. The van der Waals surface area contributed by atoms with Crippen molar-refractivity contribution >= 4 is 27.3 Å². The molecule has 1 heterocycles. The summed E-state index contributed by atoms with van der Waals surface area (Å²) in [5, 5.41) is 0. The summed E-state index contributed by atoms with van der Waals surface area (Å²) in [6.07, 6.45) is 1.36. The molecular weight excluding hydrogens is 345 g/mol. The maximum atomic E-state index is 12.6. The van der Waals surface area contributed by atoms with Crippen molar-refractivity contribution in [2.75, 3.05) is 16.2 Å². The van der Waals surface area contributed by atoms with Crippen molar-refractivity contribution in [2.45, 2.75) is 39.1 Å². The SMILES string of the molecule is CCC1CCN(c2cc(NS(=O)(=O)C(F)(F)F)c(C)cc2C)C1=O. The fourth-order valence-corrected chi connectivity index (χ4v) is 3.43. The molecule has 0 saturated carbocycles. The van der Waals surface area contributed by atoms with Gasteiger partial charge in [0.05, 0.1) is 5.69 Å². The third-order valence-electron chi connectivity index (χ3n) is 4.19. The van der Waals surface area contributed by atoms with Crippen LogP contribution in [0.3, 0.4) is 0 Å². The Labute approximate surface area is 138 Å². The molecule has 1 amide bonds. The van der Waals surface area contributed by atoms with Gasteiger partial charge < -0.3 is 4.90 Å². The van der Waals surface area contributed by atoms with Gasteiger partial charge in [-0.05, 0) is 43.9 Å². The van der Waals surface area contributed by atoms with Crippen molar-refractivity contribution in [1.82, 2.24) is 0 Å². The molecule has 0 bridgehead atoms. The van der Waals surface area contributed by atoms with E-state index in [-0.39, 0.29) is 17.5 Å². The summed E-state index contributed by atoms with van der Waals surface area (Å²) in [7, 11) is -5.51. The van der Waals surface area contributed by atoms with Crippen molar-refractivity contribution in [3.05, 3.63) is 23.3 Å². The number of sulfonamides is 1. The molecule has 0 aromatic heterocycles. The third-order valence-corrected chi connectivity index (χ3v) is 5.29. The topological polar surface area (TPSA) is 66.5 Å². The van der Waals surface area contributed by atoms with Gasteiger partial charge >= 0.3 is 15.5 Å². The maximum Gasteiger partial charge on any atom is 0.516 e. The van der Waals surface area contributed by atoms with E-state index in [0.29, 0.717) is 36.2 Å². The van der Waals surface area contributed by atoms with Gasteiger partial charge in [0.1, 0.15) is 0 Å². The van der Waals surface area contributed by atoms with Crippen LogP contribution in [0.25, 0.3) is 0 Å². The number of rotatable bonds is 4. The van der Waals surface area contributed by atoms with Crippen LogP contribution in [0.15, 0.2) is 12.1 Å². The van der Waals surface area contributed by atoms with Crippen LogP contribution >= 0.6 is 0 Å². The molecule has 1 saturated heterocycles. The summed E-state index contributed by atoms with van der Waals surface area (Å²) in [5.41, 5.74) is -4.10. The number of alkyl halides is 3. The molecule has 24 heavy (non-hydrogen) atoms. The molecule has 1 atom stereocenters. The Bertz CT molecular complexity index is 760. The second-order valence-electron chi connectivity index (χ2n) is 5.89. The molecule has 1 aliphatic rings. The Morgan fingerprint density at radius 2 is 1.88 bits per heavy atom. The number of benzene rings is 1. The molecular formula is C15H19F3N2O3S. The lowest BCUT2D eigenvalue weighted by atomic mass is 10.1. The van der Waals surface area contributed by atoms with E-state index < -0.39 is 15.5 Å². The van der Waals surface area contributed by atoms with E-state index >= 15 is 0 Å². The van der Waals surface area contributed by atoms with Gasteiger partial charge in [-0.1, -0.05) is 13.0 Å². The zero-order valence-electron chi connectivity index (χ0n) is 13.6. The molecule has 1 fully saturated rings. The van der Waals surface area contributed by atoms with Crippen molar-refractivity contribution in [3.8, 4) is 0 Å². The summed E-state index contributed by atoms with van der Waals surface area (Å²) in [6.45, 7) is 5.60. The molecule has 1 aromatic rings. The van der Waals surface area contributed by atoms with Crippen LogP contribution in [0, 0.1) is 19.8 Å². The van der Waals surface area contributed by atoms with E-state index in [0.717, 1.165) is 0 Å². The van der Waals surface area contributed by atoms with Gasteiger partial charge in [-0.15, -0.1) is 0 Å². The second kappa shape index (κ2) is 6.27. The lowest BCUT2D eigenvalue weighted by molar-refractivity contribution is -0.120. The fraction of sp³-hybridized carbons (Fsp3) is 0.533. The van der Waals surface area contributed by atoms with Crippen LogP contribution in [-0.2, 0) is 14.8 Å². The molecule has 134 valence electrons. The number of hydrogen-bond donors (Lipinski definition) is 1. The lowest BCUT2D eigenvalue weighted by Crippen LogP contribution is -2.31. The molecule has 0 spiro atoms. The second-order valence-corrected chi connectivity index (χ2v) is 7.56. The van der Waals surface area contributed by atoms with E-state index in [1.54, 1.807) is 17.7 Å². The Morgan fingerprint density at radius 3 is 2.38 bits per heavy atom. The Balaban J connectivity index is 2.42. The molecule has 1 aliphatic heterocycles. The zero-order chi connectivity index (χ0) is 18.3. The molecule has 0 radical (unpaired) electrons. The largest absolute Gasteiger partial charge is 0.516 e. The van der Waals surface area contributed by atoms with Gasteiger partial charge in [-0.2, -0.15) is 21.6 Å². The standard InChI is InChI=1S/C15H19F3N2O3S/c1-4-11-5-6-20(14(11)21)13-8-12(9(2)7-10(13)3)19-24(22,23)15(16,17)18/h7-8,11,19H,4-6H2,1-3H3. The predicted octanol–water partition coefficient (Wildman–Crippen LogP) is 3.33. The number of halogens is 3. The first-order chi connectivity index (χ1) is 11.0. The summed E-state index contributed by atoms with van der Waals surface area (Å²) in [4.78, 5) is 13.8. The first-order valence-corrected chi connectivity index (χ1v) is 8.98. The molecule has 5 nitrogen and oxygen atoms in total. The van der Waals surface area contributed by atoms with E-state index in [4.69, 9.17) is 0 Å². The van der Waals surface area contributed by atoms with Crippen molar-refractivity contribution in [3.63, 3.8) is 0 Å². The summed E-state index contributed by atoms with van der Waals surface area (Å²) < 4.78 is 62.0. The number of carbonyl (C=O) groups excluding carboxylic acids is 1. The van der Waals surface area contributed by atoms with Crippen molar-refractivity contribution in [1.29, 1.82) is 0 Å². The Morgan fingerprint density at radius 1 is 1.25 bits per heavy atom. The fourth-order valence-electron chi connectivity index (χ4n) is 2.80. The van der Waals surface area contributed by atoms with Gasteiger partial charge in [-0.3, -0.25) is 9.52 Å². The van der Waals surface area contributed by atoms with E-state index in [2.05, 4.69) is 0 Å². The number of hydrogen-bond acceptors (Lipinski definition) is 3. The first-order valence-electron chi connectivity index (χ1n) is 7.49. The number of amides is 1. The van der Waals surface area contributed by atoms with Crippen LogP contribution in [0.2, 0.25) is 0 Å². The molecule has 1 aromatic carbocycles. The molecule has 1 N–H and O–H groups in total. The number of aryl methyl sites for hydroxylation is 2. The van der Waals surface area contributed by atoms with Gasteiger partial charge in [0, 0.05) is 18.2 Å². The zero-order valence-corrected chi connectivity index (χ0v) is 14.4.